The zero-order valence-corrected chi connectivity index (χ0v) is 8.25. The van der Waals surface area contributed by atoms with Crippen LogP contribution in [0.4, 0.5) is 0 Å². The van der Waals surface area contributed by atoms with Crippen molar-refractivity contribution < 1.29 is 0 Å². The van der Waals surface area contributed by atoms with Crippen molar-refractivity contribution in [3.63, 3.8) is 0 Å². The fourth-order valence-corrected chi connectivity index (χ4v) is 1.68. The number of thiol groups is 1. The predicted octanol–water partition coefficient (Wildman–Crippen LogP) is 3.71. The molecule has 0 aromatic carbocycles. The van der Waals surface area contributed by atoms with Gasteiger partial charge >= 0.3 is 0 Å². The van der Waals surface area contributed by atoms with Gasteiger partial charge < -0.3 is 0 Å². The van der Waals surface area contributed by atoms with Gasteiger partial charge in [-0.05, 0) is 50.0 Å². The fourth-order valence-electron chi connectivity index (χ4n) is 1.53. The van der Waals surface area contributed by atoms with Gasteiger partial charge in [-0.3, -0.25) is 0 Å². The van der Waals surface area contributed by atoms with Gasteiger partial charge in [-0.15, -0.1) is 12.6 Å². The Hall–Kier alpha value is -0.170. The van der Waals surface area contributed by atoms with Gasteiger partial charge in [-0.25, -0.2) is 0 Å². The first-order valence-electron chi connectivity index (χ1n) is 4.26. The number of hydrogen-bond acceptors (Lipinski definition) is 1. The smallest absolute Gasteiger partial charge is 0.0213 e. The van der Waals surface area contributed by atoms with E-state index in [1.54, 1.807) is 5.57 Å². The summed E-state index contributed by atoms with van der Waals surface area (Å²) in [7, 11) is 0. The van der Waals surface area contributed by atoms with E-state index < -0.39 is 0 Å². The topological polar surface area (TPSA) is 0 Å². The van der Waals surface area contributed by atoms with Crippen LogP contribution in [0.2, 0.25) is 0 Å². The van der Waals surface area contributed by atoms with Crippen molar-refractivity contribution in [2.45, 2.75) is 39.5 Å². The highest BCUT2D eigenvalue weighted by Gasteiger charge is 2.05. The number of rotatable bonds is 1. The summed E-state index contributed by atoms with van der Waals surface area (Å²) in [5.41, 5.74) is 3.08. The van der Waals surface area contributed by atoms with E-state index in [0.29, 0.717) is 0 Å². The van der Waals surface area contributed by atoms with Gasteiger partial charge in [-0.2, -0.15) is 0 Å². The Morgan fingerprint density at radius 3 is 2.55 bits per heavy atom. The number of allylic oxidation sites excluding steroid dienone is 4. The summed E-state index contributed by atoms with van der Waals surface area (Å²) in [5, 5.41) is 0. The Kier molecular flexibility index (Phi) is 3.25. The molecule has 0 radical (unpaired) electrons. The summed E-state index contributed by atoms with van der Waals surface area (Å²) in [6, 6.07) is 0. The van der Waals surface area contributed by atoms with Gasteiger partial charge in [0.15, 0.2) is 0 Å². The molecule has 0 unspecified atom stereocenters. The van der Waals surface area contributed by atoms with Crippen molar-refractivity contribution in [2.24, 2.45) is 0 Å². The standard InChI is InChI=1S/C10H16S/c1-8-5-3-4-6-10(8)7-9(2)11/h7,11H,3-6H2,1-2H3/b9-7+. The summed E-state index contributed by atoms with van der Waals surface area (Å²) >= 11 is 4.28. The molecule has 0 aliphatic heterocycles. The maximum absolute atomic E-state index is 4.28. The quantitative estimate of drug-likeness (QED) is 0.567. The maximum Gasteiger partial charge on any atom is -0.0213 e. The lowest BCUT2D eigenvalue weighted by Crippen LogP contribution is -1.94. The monoisotopic (exact) mass is 168 g/mol. The van der Waals surface area contributed by atoms with Gasteiger partial charge in [0.2, 0.25) is 0 Å². The largest absolute Gasteiger partial charge is 0.148 e. The van der Waals surface area contributed by atoms with Crippen LogP contribution in [0.25, 0.3) is 0 Å². The Labute approximate surface area is 74.8 Å². The number of hydrogen-bond donors (Lipinski definition) is 1. The lowest BCUT2D eigenvalue weighted by Gasteiger charge is -2.14. The highest BCUT2D eigenvalue weighted by Crippen LogP contribution is 2.26. The molecule has 11 heavy (non-hydrogen) atoms. The first-order valence-corrected chi connectivity index (χ1v) is 4.71. The minimum atomic E-state index is 1.13. The molecule has 62 valence electrons. The van der Waals surface area contributed by atoms with E-state index in [0.717, 1.165) is 4.91 Å². The molecule has 0 amide bonds. The second-order valence-electron chi connectivity index (χ2n) is 3.30. The first kappa shape index (κ1) is 8.92. The van der Waals surface area contributed by atoms with Gasteiger partial charge in [0.25, 0.3) is 0 Å². The van der Waals surface area contributed by atoms with E-state index in [9.17, 15) is 0 Å². The van der Waals surface area contributed by atoms with Crippen molar-refractivity contribution >= 4 is 12.6 Å². The molecular weight excluding hydrogens is 152 g/mol. The van der Waals surface area contributed by atoms with Crippen LogP contribution in [-0.4, -0.2) is 0 Å². The summed E-state index contributed by atoms with van der Waals surface area (Å²) < 4.78 is 0. The van der Waals surface area contributed by atoms with Crippen molar-refractivity contribution in [2.75, 3.05) is 0 Å². The van der Waals surface area contributed by atoms with Crippen molar-refractivity contribution in [1.82, 2.24) is 0 Å². The average molecular weight is 168 g/mol. The second-order valence-corrected chi connectivity index (χ2v) is 4.00. The van der Waals surface area contributed by atoms with Crippen LogP contribution in [0.1, 0.15) is 39.5 Å². The Balaban J connectivity index is 2.75. The minimum absolute atomic E-state index is 1.13. The van der Waals surface area contributed by atoms with E-state index in [2.05, 4.69) is 25.6 Å². The SMILES string of the molecule is CC1=C(/C=C(\C)S)CCCC1. The molecule has 0 N–H and O–H groups in total. The lowest BCUT2D eigenvalue weighted by atomic mass is 9.92. The highest BCUT2D eigenvalue weighted by molar-refractivity contribution is 7.84. The third-order valence-corrected chi connectivity index (χ3v) is 2.31. The van der Waals surface area contributed by atoms with Crippen LogP contribution in [0, 0.1) is 0 Å². The zero-order chi connectivity index (χ0) is 8.27. The molecule has 1 heteroatoms. The lowest BCUT2D eigenvalue weighted by molar-refractivity contribution is 0.682. The van der Waals surface area contributed by atoms with Crippen molar-refractivity contribution in [1.29, 1.82) is 0 Å². The van der Waals surface area contributed by atoms with E-state index in [1.807, 2.05) is 6.92 Å². The normalized spacial score (nSPS) is 20.8. The van der Waals surface area contributed by atoms with E-state index >= 15 is 0 Å². The molecule has 1 rings (SSSR count). The summed E-state index contributed by atoms with van der Waals surface area (Å²) in [6.07, 6.45) is 7.47. The predicted molar refractivity (Wildman–Crippen MR) is 53.9 cm³/mol. The van der Waals surface area contributed by atoms with Crippen LogP contribution < -0.4 is 0 Å². The first-order chi connectivity index (χ1) is 5.20. The molecule has 1 aliphatic carbocycles. The molecule has 0 fully saturated rings. The van der Waals surface area contributed by atoms with Gasteiger partial charge in [-0.1, -0.05) is 11.6 Å². The molecule has 0 spiro atoms. The fraction of sp³-hybridized carbons (Fsp3) is 0.600. The average Bonchev–Trinajstić information content (AvgIpc) is 1.93. The third-order valence-electron chi connectivity index (χ3n) is 2.18. The highest BCUT2D eigenvalue weighted by atomic mass is 32.1. The van der Waals surface area contributed by atoms with Crippen LogP contribution in [0.5, 0.6) is 0 Å². The molecule has 0 saturated heterocycles. The van der Waals surface area contributed by atoms with E-state index in [4.69, 9.17) is 0 Å². The molecule has 0 nitrogen and oxygen atoms in total. The maximum atomic E-state index is 4.28. The molecule has 0 saturated carbocycles. The summed E-state index contributed by atoms with van der Waals surface area (Å²) in [4.78, 5) is 1.13. The molecule has 0 aromatic heterocycles. The van der Waals surface area contributed by atoms with Crippen molar-refractivity contribution in [3.8, 4) is 0 Å². The molecule has 0 atom stereocenters. The van der Waals surface area contributed by atoms with Gasteiger partial charge in [0, 0.05) is 0 Å². The van der Waals surface area contributed by atoms with Gasteiger partial charge in [0.1, 0.15) is 0 Å². The van der Waals surface area contributed by atoms with Gasteiger partial charge in [0.05, 0.1) is 0 Å². The van der Waals surface area contributed by atoms with Crippen LogP contribution >= 0.6 is 12.6 Å². The molecule has 0 heterocycles. The Morgan fingerprint density at radius 2 is 2.00 bits per heavy atom. The molecule has 0 bridgehead atoms. The summed E-state index contributed by atoms with van der Waals surface area (Å²) in [5.74, 6) is 0. The van der Waals surface area contributed by atoms with Crippen LogP contribution in [0.15, 0.2) is 22.1 Å². The Morgan fingerprint density at radius 1 is 1.36 bits per heavy atom. The Bertz CT molecular complexity index is 195. The molecule has 1 aliphatic rings. The minimum Gasteiger partial charge on any atom is -0.148 e. The zero-order valence-electron chi connectivity index (χ0n) is 7.35. The second kappa shape index (κ2) is 4.01. The summed E-state index contributed by atoms with van der Waals surface area (Å²) in [6.45, 7) is 4.28. The van der Waals surface area contributed by atoms with E-state index in [-0.39, 0.29) is 0 Å². The third kappa shape index (κ3) is 2.74. The van der Waals surface area contributed by atoms with Crippen LogP contribution in [0.3, 0.4) is 0 Å². The van der Waals surface area contributed by atoms with Crippen molar-refractivity contribution in [3.05, 3.63) is 22.1 Å². The molecule has 0 aromatic rings. The van der Waals surface area contributed by atoms with Crippen LogP contribution in [-0.2, 0) is 0 Å². The molecular formula is C10H16S. The van der Waals surface area contributed by atoms with E-state index in [1.165, 1.54) is 31.3 Å².